The van der Waals surface area contributed by atoms with Gasteiger partial charge in [0, 0.05) is 49.5 Å². The summed E-state index contributed by atoms with van der Waals surface area (Å²) in [6.07, 6.45) is 4.92. The molecule has 3 aromatic rings. The van der Waals surface area contributed by atoms with Crippen molar-refractivity contribution in [3.8, 4) is 0 Å². The number of hydrogen-bond donors (Lipinski definition) is 2. The normalized spacial score (nSPS) is 18.5. The zero-order valence-corrected chi connectivity index (χ0v) is 14.8. The van der Waals surface area contributed by atoms with E-state index in [0.717, 1.165) is 30.8 Å². The van der Waals surface area contributed by atoms with Crippen molar-refractivity contribution in [2.24, 2.45) is 0 Å². The van der Waals surface area contributed by atoms with Gasteiger partial charge in [0.1, 0.15) is 0 Å². The summed E-state index contributed by atoms with van der Waals surface area (Å²) in [5.74, 6) is 0. The van der Waals surface area contributed by atoms with Crippen LogP contribution in [0.1, 0.15) is 17.3 Å². The van der Waals surface area contributed by atoms with Crippen molar-refractivity contribution in [3.63, 3.8) is 0 Å². The summed E-state index contributed by atoms with van der Waals surface area (Å²) in [6, 6.07) is 10.4. The third-order valence-corrected chi connectivity index (χ3v) is 5.30. The number of hydrogen-bond acceptors (Lipinski definition) is 4. The maximum absolute atomic E-state index is 11.5. The van der Waals surface area contributed by atoms with Crippen LogP contribution in [0.5, 0.6) is 0 Å². The van der Waals surface area contributed by atoms with Gasteiger partial charge in [0.2, 0.25) is 10.0 Å². The Morgan fingerprint density at radius 1 is 1.32 bits per heavy atom. The van der Waals surface area contributed by atoms with Gasteiger partial charge in [0.05, 0.1) is 18.0 Å². The Kier molecular flexibility index (Phi) is 4.10. The fourth-order valence-corrected chi connectivity index (χ4v) is 4.01. The van der Waals surface area contributed by atoms with E-state index in [4.69, 9.17) is 0 Å². The number of benzene rings is 1. The van der Waals surface area contributed by atoms with Gasteiger partial charge in [-0.15, -0.1) is 0 Å². The number of nitrogens with zero attached hydrogens (tertiary/aromatic N) is 3. The van der Waals surface area contributed by atoms with Crippen molar-refractivity contribution >= 4 is 20.9 Å². The molecule has 7 nitrogen and oxygen atoms in total. The highest BCUT2D eigenvalue weighted by Crippen LogP contribution is 2.24. The fraction of sp³-hybridized carbons (Fsp3) is 0.353. The molecule has 2 N–H and O–H groups in total. The molecule has 0 spiro atoms. The van der Waals surface area contributed by atoms with Crippen LogP contribution in [0.2, 0.25) is 0 Å². The maximum atomic E-state index is 11.5. The molecule has 132 valence electrons. The minimum absolute atomic E-state index is 0.0149. The number of fused-ring (bicyclic) bond motifs is 2. The summed E-state index contributed by atoms with van der Waals surface area (Å²) in [5.41, 5.74) is 3.50. The van der Waals surface area contributed by atoms with Gasteiger partial charge in [-0.2, -0.15) is 5.10 Å². The molecule has 0 radical (unpaired) electrons. The third kappa shape index (κ3) is 3.46. The molecule has 0 fully saturated rings. The van der Waals surface area contributed by atoms with Crippen LogP contribution in [0, 0.1) is 0 Å². The molecule has 1 aliphatic heterocycles. The van der Waals surface area contributed by atoms with E-state index in [9.17, 15) is 8.42 Å². The van der Waals surface area contributed by atoms with Crippen molar-refractivity contribution < 1.29 is 8.42 Å². The standard InChI is InChI=1S/C17H21N5O2S/c1-25(23,24)20-9-15-12-21(11-14-5-8-19-22(14)15)10-13-3-2-4-17-16(13)6-7-18-17/h2-8,15,18,20H,9-12H2,1H3/t15-/m1/s1. The molecule has 2 aromatic heterocycles. The van der Waals surface area contributed by atoms with Crippen LogP contribution < -0.4 is 4.72 Å². The van der Waals surface area contributed by atoms with E-state index in [2.05, 4.69) is 44.0 Å². The first-order valence-corrected chi connectivity index (χ1v) is 10.1. The number of nitrogens with one attached hydrogen (secondary N) is 2. The second-order valence-electron chi connectivity index (χ2n) is 6.57. The van der Waals surface area contributed by atoms with Crippen LogP contribution in [0.15, 0.2) is 42.7 Å². The van der Waals surface area contributed by atoms with Crippen LogP contribution in [-0.4, -0.2) is 47.4 Å². The Labute approximate surface area is 146 Å². The first kappa shape index (κ1) is 16.3. The Hall–Kier alpha value is -2.16. The lowest BCUT2D eigenvalue weighted by Crippen LogP contribution is -2.42. The Morgan fingerprint density at radius 2 is 2.20 bits per heavy atom. The zero-order valence-electron chi connectivity index (χ0n) is 14.0. The molecule has 8 heteroatoms. The number of aromatic amines is 1. The Bertz CT molecular complexity index is 991. The first-order chi connectivity index (χ1) is 12.0. The van der Waals surface area contributed by atoms with Crippen molar-refractivity contribution in [1.29, 1.82) is 0 Å². The predicted octanol–water partition coefficient (Wildman–Crippen LogP) is 1.47. The van der Waals surface area contributed by atoms with Gasteiger partial charge in [-0.1, -0.05) is 12.1 Å². The molecular formula is C17H21N5O2S. The smallest absolute Gasteiger partial charge is 0.208 e. The maximum Gasteiger partial charge on any atom is 0.208 e. The van der Waals surface area contributed by atoms with Crippen LogP contribution >= 0.6 is 0 Å². The second kappa shape index (κ2) is 6.29. The highest BCUT2D eigenvalue weighted by Gasteiger charge is 2.26. The van der Waals surface area contributed by atoms with E-state index in [1.165, 1.54) is 17.2 Å². The molecule has 0 saturated carbocycles. The van der Waals surface area contributed by atoms with Gasteiger partial charge in [-0.25, -0.2) is 13.1 Å². The number of aromatic nitrogens is 3. The summed E-state index contributed by atoms with van der Waals surface area (Å²) in [4.78, 5) is 5.59. The van der Waals surface area contributed by atoms with Gasteiger partial charge in [-0.05, 0) is 23.8 Å². The lowest BCUT2D eigenvalue weighted by atomic mass is 10.1. The van der Waals surface area contributed by atoms with E-state index < -0.39 is 10.0 Å². The van der Waals surface area contributed by atoms with Gasteiger partial charge in [0.15, 0.2) is 0 Å². The summed E-state index contributed by atoms with van der Waals surface area (Å²) >= 11 is 0. The lowest BCUT2D eigenvalue weighted by molar-refractivity contribution is 0.168. The van der Waals surface area contributed by atoms with E-state index in [1.54, 1.807) is 6.20 Å². The number of rotatable bonds is 5. The molecule has 1 aromatic carbocycles. The average molecular weight is 359 g/mol. The van der Waals surface area contributed by atoms with Gasteiger partial charge in [-0.3, -0.25) is 9.58 Å². The molecule has 0 amide bonds. The Balaban J connectivity index is 1.56. The molecule has 3 heterocycles. The fourth-order valence-electron chi connectivity index (χ4n) is 3.51. The van der Waals surface area contributed by atoms with E-state index in [1.807, 2.05) is 16.9 Å². The molecule has 0 saturated heterocycles. The van der Waals surface area contributed by atoms with Crippen LogP contribution in [-0.2, 0) is 23.1 Å². The minimum Gasteiger partial charge on any atom is -0.361 e. The molecule has 25 heavy (non-hydrogen) atoms. The largest absolute Gasteiger partial charge is 0.361 e. The van der Waals surface area contributed by atoms with E-state index in [-0.39, 0.29) is 6.04 Å². The highest BCUT2D eigenvalue weighted by molar-refractivity contribution is 7.88. The van der Waals surface area contributed by atoms with Crippen molar-refractivity contribution in [3.05, 3.63) is 54.0 Å². The second-order valence-corrected chi connectivity index (χ2v) is 8.40. The molecule has 0 unspecified atom stereocenters. The lowest BCUT2D eigenvalue weighted by Gasteiger charge is -2.34. The third-order valence-electron chi connectivity index (χ3n) is 4.61. The van der Waals surface area contributed by atoms with Crippen molar-refractivity contribution in [2.75, 3.05) is 19.3 Å². The van der Waals surface area contributed by atoms with Gasteiger partial charge in [0.25, 0.3) is 0 Å². The Morgan fingerprint density at radius 3 is 3.04 bits per heavy atom. The summed E-state index contributed by atoms with van der Waals surface area (Å²) in [5, 5.41) is 5.60. The van der Waals surface area contributed by atoms with E-state index in [0.29, 0.717) is 6.54 Å². The number of sulfonamides is 1. The van der Waals surface area contributed by atoms with E-state index >= 15 is 0 Å². The predicted molar refractivity (Wildman–Crippen MR) is 96.5 cm³/mol. The summed E-state index contributed by atoms with van der Waals surface area (Å²) < 4.78 is 27.5. The molecule has 1 atom stereocenters. The minimum atomic E-state index is -3.22. The van der Waals surface area contributed by atoms with Crippen molar-refractivity contribution in [2.45, 2.75) is 19.1 Å². The highest BCUT2D eigenvalue weighted by atomic mass is 32.2. The molecular weight excluding hydrogens is 338 g/mol. The van der Waals surface area contributed by atoms with Gasteiger partial charge >= 0.3 is 0 Å². The van der Waals surface area contributed by atoms with Crippen molar-refractivity contribution in [1.82, 2.24) is 24.4 Å². The summed E-state index contributed by atoms with van der Waals surface area (Å²) in [6.45, 7) is 2.71. The topological polar surface area (TPSA) is 83.0 Å². The van der Waals surface area contributed by atoms with Crippen LogP contribution in [0.4, 0.5) is 0 Å². The van der Waals surface area contributed by atoms with Crippen LogP contribution in [0.25, 0.3) is 10.9 Å². The summed E-state index contributed by atoms with van der Waals surface area (Å²) in [7, 11) is -3.22. The SMILES string of the molecule is CS(=O)(=O)NC[C@@H]1CN(Cc2cccc3[nH]ccc23)Cc2ccnn21. The molecule has 0 bridgehead atoms. The molecule has 0 aliphatic carbocycles. The first-order valence-electron chi connectivity index (χ1n) is 8.24. The number of H-pyrrole nitrogens is 1. The molecule has 4 rings (SSSR count). The van der Waals surface area contributed by atoms with Crippen LogP contribution in [0.3, 0.4) is 0 Å². The monoisotopic (exact) mass is 359 g/mol. The quantitative estimate of drug-likeness (QED) is 0.723. The zero-order chi connectivity index (χ0) is 17.4. The van der Waals surface area contributed by atoms with Gasteiger partial charge < -0.3 is 4.98 Å². The molecule has 1 aliphatic rings. The average Bonchev–Trinajstić information content (AvgIpc) is 3.21.